The zero-order valence-corrected chi connectivity index (χ0v) is 11.7. The Balaban J connectivity index is 1.85. The number of pyridine rings is 1. The number of aromatic nitrogens is 1. The van der Waals surface area contributed by atoms with Crippen LogP contribution < -0.4 is 0 Å². The lowest BCUT2D eigenvalue weighted by molar-refractivity contribution is 0.182. The zero-order valence-electron chi connectivity index (χ0n) is 9.34. The minimum atomic E-state index is -0.505. The highest BCUT2D eigenvalue weighted by Crippen LogP contribution is 2.35. The molecule has 92 valence electrons. The molecule has 2 nitrogen and oxygen atoms in total. The van der Waals surface area contributed by atoms with Gasteiger partial charge in [-0.05, 0) is 29.1 Å². The molecule has 0 spiro atoms. The van der Waals surface area contributed by atoms with Crippen molar-refractivity contribution in [2.45, 2.75) is 12.5 Å². The summed E-state index contributed by atoms with van der Waals surface area (Å²) in [6.45, 7) is 0. The third-order valence-electron chi connectivity index (χ3n) is 2.76. The molecule has 0 saturated carbocycles. The smallest absolute Gasteiger partial charge is 0.0923 e. The van der Waals surface area contributed by atoms with Crippen LogP contribution in [0.1, 0.15) is 16.5 Å². The molecule has 0 saturated heterocycles. The van der Waals surface area contributed by atoms with Crippen LogP contribution in [0.15, 0.2) is 36.0 Å². The predicted molar refractivity (Wildman–Crippen MR) is 77.6 cm³/mol. The van der Waals surface area contributed by atoms with Gasteiger partial charge in [-0.25, -0.2) is 0 Å². The number of thiophene rings is 2. The summed E-state index contributed by atoms with van der Waals surface area (Å²) in [4.78, 5) is 4.93. The maximum absolute atomic E-state index is 10.3. The van der Waals surface area contributed by atoms with E-state index in [0.717, 1.165) is 10.4 Å². The monoisotopic (exact) mass is 295 g/mol. The fourth-order valence-electron chi connectivity index (χ4n) is 1.83. The number of fused-ring (bicyclic) bond motifs is 1. The standard InChI is InChI=1S/C13H10ClNOS2/c14-9-7-15-3-1-8(9)5-10(16)12-6-13-11(18-12)2-4-17-13/h1-4,6-7,10,16H,5H2. The fraction of sp³-hybridized carbons (Fsp3) is 0.154. The molecule has 1 unspecified atom stereocenters. The van der Waals surface area contributed by atoms with Crippen LogP contribution in [0.2, 0.25) is 5.02 Å². The Morgan fingerprint density at radius 3 is 3.00 bits per heavy atom. The van der Waals surface area contributed by atoms with Gasteiger partial charge in [-0.1, -0.05) is 11.6 Å². The Morgan fingerprint density at radius 2 is 2.22 bits per heavy atom. The number of aliphatic hydroxyl groups excluding tert-OH is 1. The van der Waals surface area contributed by atoms with Gasteiger partial charge in [-0.2, -0.15) is 0 Å². The molecule has 3 aromatic rings. The molecular weight excluding hydrogens is 286 g/mol. The molecule has 1 atom stereocenters. The summed E-state index contributed by atoms with van der Waals surface area (Å²) in [6.07, 6.45) is 3.32. The van der Waals surface area contributed by atoms with Crippen molar-refractivity contribution in [2.24, 2.45) is 0 Å². The lowest BCUT2D eigenvalue weighted by Crippen LogP contribution is -2.00. The lowest BCUT2D eigenvalue weighted by Gasteiger charge is -2.09. The predicted octanol–water partition coefficient (Wildman–Crippen LogP) is 4.29. The molecule has 0 amide bonds. The van der Waals surface area contributed by atoms with E-state index in [0.29, 0.717) is 11.4 Å². The van der Waals surface area contributed by atoms with Crippen LogP contribution in [-0.4, -0.2) is 10.1 Å². The van der Waals surface area contributed by atoms with Crippen LogP contribution in [0.4, 0.5) is 0 Å². The number of aliphatic hydroxyl groups is 1. The van der Waals surface area contributed by atoms with Crippen LogP contribution in [0.3, 0.4) is 0 Å². The zero-order chi connectivity index (χ0) is 12.5. The maximum atomic E-state index is 10.3. The third kappa shape index (κ3) is 2.29. The average molecular weight is 296 g/mol. The Labute approximate surface area is 117 Å². The summed E-state index contributed by atoms with van der Waals surface area (Å²) < 4.78 is 2.46. The summed E-state index contributed by atoms with van der Waals surface area (Å²) in [5.41, 5.74) is 0.927. The van der Waals surface area contributed by atoms with Gasteiger partial charge in [0.2, 0.25) is 0 Å². The van der Waals surface area contributed by atoms with Crippen molar-refractivity contribution >= 4 is 43.7 Å². The van der Waals surface area contributed by atoms with Gasteiger partial charge in [0, 0.05) is 33.1 Å². The van der Waals surface area contributed by atoms with E-state index in [1.807, 2.05) is 6.07 Å². The quantitative estimate of drug-likeness (QED) is 0.782. The third-order valence-corrected chi connectivity index (χ3v) is 5.29. The first kappa shape index (κ1) is 12.1. The molecule has 0 aromatic carbocycles. The highest BCUT2D eigenvalue weighted by Gasteiger charge is 2.14. The first-order chi connectivity index (χ1) is 8.74. The van der Waals surface area contributed by atoms with Crippen molar-refractivity contribution in [1.82, 2.24) is 4.98 Å². The van der Waals surface area contributed by atoms with Gasteiger partial charge < -0.3 is 5.11 Å². The number of nitrogens with zero attached hydrogens (tertiary/aromatic N) is 1. The first-order valence-electron chi connectivity index (χ1n) is 5.47. The highest BCUT2D eigenvalue weighted by atomic mass is 35.5. The Hall–Kier alpha value is -0.940. The van der Waals surface area contributed by atoms with Crippen LogP contribution in [0, 0.1) is 0 Å². The maximum Gasteiger partial charge on any atom is 0.0923 e. The van der Waals surface area contributed by atoms with Crippen molar-refractivity contribution in [3.63, 3.8) is 0 Å². The van der Waals surface area contributed by atoms with E-state index in [1.165, 1.54) is 9.40 Å². The molecule has 0 aliphatic rings. The van der Waals surface area contributed by atoms with Crippen molar-refractivity contribution in [2.75, 3.05) is 0 Å². The van der Waals surface area contributed by atoms with Crippen molar-refractivity contribution < 1.29 is 5.11 Å². The molecule has 3 rings (SSSR count). The van der Waals surface area contributed by atoms with E-state index >= 15 is 0 Å². The van der Waals surface area contributed by atoms with Crippen LogP contribution in [0.25, 0.3) is 9.40 Å². The molecule has 0 fully saturated rings. The molecule has 1 N–H and O–H groups in total. The normalized spacial score (nSPS) is 13.0. The van der Waals surface area contributed by atoms with E-state index in [-0.39, 0.29) is 0 Å². The molecule has 0 aliphatic carbocycles. The molecule has 0 aliphatic heterocycles. The summed E-state index contributed by atoms with van der Waals surface area (Å²) in [5.74, 6) is 0. The van der Waals surface area contributed by atoms with Crippen LogP contribution >= 0.6 is 34.3 Å². The summed E-state index contributed by atoms with van der Waals surface area (Å²) in [5, 5.41) is 12.9. The molecular formula is C13H10ClNOS2. The Kier molecular flexibility index (Phi) is 3.35. The van der Waals surface area contributed by atoms with Crippen molar-refractivity contribution in [3.8, 4) is 0 Å². The van der Waals surface area contributed by atoms with Gasteiger partial charge in [0.25, 0.3) is 0 Å². The van der Waals surface area contributed by atoms with E-state index in [1.54, 1.807) is 35.1 Å². The van der Waals surface area contributed by atoms with Crippen LogP contribution in [-0.2, 0) is 6.42 Å². The van der Waals surface area contributed by atoms with Crippen molar-refractivity contribution in [3.05, 3.63) is 51.4 Å². The largest absolute Gasteiger partial charge is 0.387 e. The van der Waals surface area contributed by atoms with Gasteiger partial charge in [-0.3, -0.25) is 4.98 Å². The highest BCUT2D eigenvalue weighted by molar-refractivity contribution is 7.26. The second-order valence-corrected chi connectivity index (χ2v) is 6.46. The molecule has 18 heavy (non-hydrogen) atoms. The summed E-state index contributed by atoms with van der Waals surface area (Å²) in [7, 11) is 0. The van der Waals surface area contributed by atoms with Gasteiger partial charge in [-0.15, -0.1) is 22.7 Å². The number of hydrogen-bond donors (Lipinski definition) is 1. The number of hydrogen-bond acceptors (Lipinski definition) is 4. The summed E-state index contributed by atoms with van der Waals surface area (Å²) in [6, 6.07) is 5.99. The average Bonchev–Trinajstić information content (AvgIpc) is 2.92. The molecule has 0 radical (unpaired) electrons. The minimum Gasteiger partial charge on any atom is -0.387 e. The van der Waals surface area contributed by atoms with E-state index < -0.39 is 6.10 Å². The molecule has 3 aromatic heterocycles. The second-order valence-electron chi connectivity index (χ2n) is 3.98. The minimum absolute atomic E-state index is 0.505. The topological polar surface area (TPSA) is 33.1 Å². The second kappa shape index (κ2) is 4.97. The Morgan fingerprint density at radius 1 is 1.33 bits per heavy atom. The number of rotatable bonds is 3. The SMILES string of the molecule is OC(Cc1ccncc1Cl)c1cc2sccc2s1. The fourth-order valence-corrected chi connectivity index (χ4v) is 4.13. The van der Waals surface area contributed by atoms with Crippen LogP contribution in [0.5, 0.6) is 0 Å². The van der Waals surface area contributed by atoms with E-state index in [2.05, 4.69) is 22.5 Å². The molecule has 3 heterocycles. The van der Waals surface area contributed by atoms with Gasteiger partial charge >= 0.3 is 0 Å². The van der Waals surface area contributed by atoms with E-state index in [9.17, 15) is 5.11 Å². The molecule has 5 heteroatoms. The van der Waals surface area contributed by atoms with Gasteiger partial charge in [0.1, 0.15) is 0 Å². The van der Waals surface area contributed by atoms with Crippen molar-refractivity contribution in [1.29, 1.82) is 0 Å². The van der Waals surface area contributed by atoms with E-state index in [4.69, 9.17) is 11.6 Å². The van der Waals surface area contributed by atoms with Gasteiger partial charge in [0.15, 0.2) is 0 Å². The summed E-state index contributed by atoms with van der Waals surface area (Å²) >= 11 is 9.38. The first-order valence-corrected chi connectivity index (χ1v) is 7.55. The Bertz CT molecular complexity index is 648. The lowest BCUT2D eigenvalue weighted by atomic mass is 10.1. The molecule has 0 bridgehead atoms. The van der Waals surface area contributed by atoms with Gasteiger partial charge in [0.05, 0.1) is 11.1 Å². The number of halogens is 1.